The van der Waals surface area contributed by atoms with Crippen molar-refractivity contribution in [2.24, 2.45) is 11.5 Å². The normalized spacial score (nSPS) is 15.5. The van der Waals surface area contributed by atoms with Crippen molar-refractivity contribution in [3.63, 3.8) is 0 Å². The van der Waals surface area contributed by atoms with Crippen molar-refractivity contribution in [2.75, 3.05) is 0 Å². The molecular formula is C24H28N2O2S. The monoisotopic (exact) mass is 408 g/mol. The summed E-state index contributed by atoms with van der Waals surface area (Å²) in [6, 6.07) is 23.9. The van der Waals surface area contributed by atoms with Crippen LogP contribution in [0.25, 0.3) is 0 Å². The van der Waals surface area contributed by atoms with Gasteiger partial charge in [-0.05, 0) is 34.2 Å². The first-order valence-corrected chi connectivity index (χ1v) is 11.1. The number of sulfone groups is 1. The second-order valence-corrected chi connectivity index (χ2v) is 10.5. The van der Waals surface area contributed by atoms with Gasteiger partial charge in [-0.15, -0.1) is 0 Å². The summed E-state index contributed by atoms with van der Waals surface area (Å²) in [7, 11) is -4.01. The molecule has 0 aromatic heterocycles. The van der Waals surface area contributed by atoms with Gasteiger partial charge in [0.25, 0.3) is 0 Å². The Hall–Kier alpha value is -2.47. The second-order valence-electron chi connectivity index (χ2n) is 8.33. The van der Waals surface area contributed by atoms with Gasteiger partial charge in [0.1, 0.15) is 0 Å². The van der Waals surface area contributed by atoms with Gasteiger partial charge in [0, 0.05) is 0 Å². The maximum atomic E-state index is 13.8. The van der Waals surface area contributed by atoms with Crippen LogP contribution >= 0.6 is 0 Å². The van der Waals surface area contributed by atoms with Crippen LogP contribution in [0.2, 0.25) is 0 Å². The Kier molecular flexibility index (Phi) is 5.68. The summed E-state index contributed by atoms with van der Waals surface area (Å²) in [5.74, 6) is 0. The van der Waals surface area contributed by atoms with Crippen LogP contribution in [-0.2, 0) is 20.1 Å². The molecule has 0 aliphatic rings. The van der Waals surface area contributed by atoms with E-state index in [-0.39, 0.29) is 10.3 Å². The van der Waals surface area contributed by atoms with Crippen molar-refractivity contribution in [2.45, 2.75) is 42.0 Å². The zero-order valence-electron chi connectivity index (χ0n) is 17.0. The summed E-state index contributed by atoms with van der Waals surface area (Å²) in [6.07, 6.45) is 0. The number of nitrogens with two attached hydrogens (primary N) is 2. The highest BCUT2D eigenvalue weighted by Gasteiger charge is 2.48. The molecule has 0 heterocycles. The molecule has 0 amide bonds. The zero-order valence-corrected chi connectivity index (χ0v) is 17.9. The summed E-state index contributed by atoms with van der Waals surface area (Å²) >= 11 is 0. The molecule has 2 atom stereocenters. The number of hydrogen-bond donors (Lipinski definition) is 2. The summed E-state index contributed by atoms with van der Waals surface area (Å²) in [4.78, 5) is -1.66. The maximum Gasteiger partial charge on any atom is 0.203 e. The Labute approximate surface area is 173 Å². The van der Waals surface area contributed by atoms with Gasteiger partial charge in [-0.2, -0.15) is 0 Å². The van der Waals surface area contributed by atoms with Crippen molar-refractivity contribution in [1.82, 2.24) is 0 Å². The van der Waals surface area contributed by atoms with Gasteiger partial charge in [-0.3, -0.25) is 0 Å². The summed E-state index contributed by atoms with van der Waals surface area (Å²) in [5, 5.41) is 0. The third-order valence-electron chi connectivity index (χ3n) is 5.32. The third-order valence-corrected chi connectivity index (χ3v) is 7.59. The molecule has 152 valence electrons. The lowest BCUT2D eigenvalue weighted by molar-refractivity contribution is 0.461. The van der Waals surface area contributed by atoms with Crippen molar-refractivity contribution < 1.29 is 8.42 Å². The lowest BCUT2D eigenvalue weighted by atomic mass is 9.87. The predicted octanol–water partition coefficient (Wildman–Crippen LogP) is 4.27. The summed E-state index contributed by atoms with van der Waals surface area (Å²) in [6.45, 7) is 6.25. The van der Waals surface area contributed by atoms with E-state index in [4.69, 9.17) is 11.5 Å². The van der Waals surface area contributed by atoms with E-state index >= 15 is 0 Å². The van der Waals surface area contributed by atoms with Crippen molar-refractivity contribution in [1.29, 1.82) is 0 Å². The lowest BCUT2D eigenvalue weighted by Gasteiger charge is -2.35. The molecule has 0 saturated carbocycles. The molecule has 5 heteroatoms. The Balaban J connectivity index is 2.18. The predicted molar refractivity (Wildman–Crippen MR) is 118 cm³/mol. The molecule has 0 aliphatic carbocycles. The van der Waals surface area contributed by atoms with Crippen LogP contribution < -0.4 is 11.5 Å². The van der Waals surface area contributed by atoms with E-state index in [9.17, 15) is 8.42 Å². The topological polar surface area (TPSA) is 86.2 Å². The van der Waals surface area contributed by atoms with E-state index in [1.54, 1.807) is 48.5 Å². The molecule has 0 fully saturated rings. The first-order valence-electron chi connectivity index (χ1n) is 9.58. The van der Waals surface area contributed by atoms with E-state index in [2.05, 4.69) is 20.8 Å². The summed E-state index contributed by atoms with van der Waals surface area (Å²) < 4.78 is 27.7. The lowest BCUT2D eigenvalue weighted by Crippen LogP contribution is -2.52. The van der Waals surface area contributed by atoms with Gasteiger partial charge in [0.05, 0.1) is 10.9 Å². The first kappa shape index (κ1) is 21.2. The van der Waals surface area contributed by atoms with Gasteiger partial charge in [0.15, 0.2) is 4.87 Å². The fourth-order valence-corrected chi connectivity index (χ4v) is 5.24. The third kappa shape index (κ3) is 3.86. The van der Waals surface area contributed by atoms with Crippen LogP contribution in [-0.4, -0.2) is 8.42 Å². The molecule has 3 aromatic rings. The van der Waals surface area contributed by atoms with Crippen molar-refractivity contribution in [3.8, 4) is 0 Å². The van der Waals surface area contributed by atoms with Crippen molar-refractivity contribution in [3.05, 3.63) is 102 Å². The molecule has 4 N–H and O–H groups in total. The average molecular weight is 409 g/mol. The quantitative estimate of drug-likeness (QED) is 0.660. The average Bonchev–Trinajstić information content (AvgIpc) is 2.73. The van der Waals surface area contributed by atoms with Gasteiger partial charge in [0.2, 0.25) is 9.84 Å². The molecule has 3 rings (SSSR count). The fraction of sp³-hybridized carbons (Fsp3) is 0.250. The van der Waals surface area contributed by atoms with E-state index in [1.165, 1.54) is 0 Å². The minimum absolute atomic E-state index is 0.0814. The molecule has 4 nitrogen and oxygen atoms in total. The highest BCUT2D eigenvalue weighted by molar-refractivity contribution is 7.92. The van der Waals surface area contributed by atoms with Crippen LogP contribution in [0, 0.1) is 0 Å². The van der Waals surface area contributed by atoms with Gasteiger partial charge in [-0.25, -0.2) is 8.42 Å². The van der Waals surface area contributed by atoms with E-state index in [0.29, 0.717) is 11.1 Å². The van der Waals surface area contributed by atoms with Gasteiger partial charge >= 0.3 is 0 Å². The minimum Gasteiger partial charge on any atom is -0.321 e. The number of benzene rings is 3. The molecule has 2 unspecified atom stereocenters. The highest BCUT2D eigenvalue weighted by atomic mass is 32.2. The molecular weight excluding hydrogens is 380 g/mol. The number of rotatable bonds is 5. The minimum atomic E-state index is -4.01. The smallest absolute Gasteiger partial charge is 0.203 e. The summed E-state index contributed by atoms with van der Waals surface area (Å²) in [5.41, 5.74) is 15.3. The SMILES string of the molecule is CC(C)(C)c1ccc(S(=O)(=O)C(N)(c2ccccc2)C(N)c2ccccc2)cc1. The van der Waals surface area contributed by atoms with E-state index in [1.807, 2.05) is 36.4 Å². The standard InChI is InChI=1S/C24H28N2O2S/c1-23(2,3)19-14-16-21(17-15-19)29(27,28)24(26,20-12-8-5-9-13-20)22(25)18-10-6-4-7-11-18/h4-17,22H,25-26H2,1-3H3. The van der Waals surface area contributed by atoms with Crippen LogP contribution in [0.5, 0.6) is 0 Å². The Morgan fingerprint density at radius 1 is 0.724 bits per heavy atom. The molecule has 0 bridgehead atoms. The zero-order chi connectivity index (χ0) is 21.3. The van der Waals surface area contributed by atoms with Crippen LogP contribution in [0.15, 0.2) is 89.8 Å². The fourth-order valence-electron chi connectivity index (χ4n) is 3.44. The van der Waals surface area contributed by atoms with Crippen LogP contribution in [0.4, 0.5) is 0 Å². The molecule has 3 aromatic carbocycles. The molecule has 0 saturated heterocycles. The van der Waals surface area contributed by atoms with Crippen molar-refractivity contribution >= 4 is 9.84 Å². The van der Waals surface area contributed by atoms with Gasteiger partial charge in [-0.1, -0.05) is 93.6 Å². The number of hydrogen-bond acceptors (Lipinski definition) is 4. The first-order chi connectivity index (χ1) is 13.6. The highest BCUT2D eigenvalue weighted by Crippen LogP contribution is 2.40. The molecule has 0 aliphatic heterocycles. The maximum absolute atomic E-state index is 13.8. The Morgan fingerprint density at radius 3 is 1.69 bits per heavy atom. The van der Waals surface area contributed by atoms with Crippen LogP contribution in [0.1, 0.15) is 43.5 Å². The Morgan fingerprint density at radius 2 is 1.21 bits per heavy atom. The largest absolute Gasteiger partial charge is 0.321 e. The van der Waals surface area contributed by atoms with E-state index < -0.39 is 20.8 Å². The molecule has 0 radical (unpaired) electrons. The van der Waals surface area contributed by atoms with E-state index in [0.717, 1.165) is 5.56 Å². The Bertz CT molecular complexity index is 1060. The van der Waals surface area contributed by atoms with Gasteiger partial charge < -0.3 is 11.5 Å². The van der Waals surface area contributed by atoms with Crippen LogP contribution in [0.3, 0.4) is 0 Å². The second kappa shape index (κ2) is 7.75. The molecule has 0 spiro atoms. The molecule has 29 heavy (non-hydrogen) atoms.